The first kappa shape index (κ1) is 14.8. The zero-order valence-electron chi connectivity index (χ0n) is 10.4. The summed E-state index contributed by atoms with van der Waals surface area (Å²) in [5.74, 6) is -0.145. The van der Waals surface area contributed by atoms with E-state index in [0.717, 1.165) is 19.6 Å². The van der Waals surface area contributed by atoms with E-state index in [1.807, 2.05) is 0 Å². The van der Waals surface area contributed by atoms with Crippen molar-refractivity contribution in [2.75, 3.05) is 38.6 Å². The standard InChI is InChI=1S/C13H15BrClFN2O/c14-11-3-1-2-10(12(11)16)13(19)18-8-6-17(5-4-15)7-9-18/h1-3H,4-9H2. The quantitative estimate of drug-likeness (QED) is 0.783. The molecule has 3 nitrogen and oxygen atoms in total. The number of hydrogen-bond acceptors (Lipinski definition) is 2. The monoisotopic (exact) mass is 348 g/mol. The first-order valence-corrected chi connectivity index (χ1v) is 7.48. The number of hydrogen-bond donors (Lipinski definition) is 0. The van der Waals surface area contributed by atoms with Gasteiger partial charge >= 0.3 is 0 Å². The van der Waals surface area contributed by atoms with Crippen molar-refractivity contribution in [1.82, 2.24) is 9.80 Å². The van der Waals surface area contributed by atoms with Gasteiger partial charge in [-0.05, 0) is 28.1 Å². The van der Waals surface area contributed by atoms with Crippen molar-refractivity contribution < 1.29 is 9.18 Å². The highest BCUT2D eigenvalue weighted by Gasteiger charge is 2.24. The van der Waals surface area contributed by atoms with Crippen molar-refractivity contribution in [3.8, 4) is 0 Å². The molecule has 0 N–H and O–H groups in total. The number of amides is 1. The third kappa shape index (κ3) is 3.46. The van der Waals surface area contributed by atoms with Crippen LogP contribution in [0.2, 0.25) is 0 Å². The molecule has 0 unspecified atom stereocenters. The Hall–Kier alpha value is -0.650. The average Bonchev–Trinajstić information content (AvgIpc) is 2.42. The van der Waals surface area contributed by atoms with E-state index in [0.29, 0.717) is 23.4 Å². The summed E-state index contributed by atoms with van der Waals surface area (Å²) in [6, 6.07) is 4.78. The maximum atomic E-state index is 13.9. The van der Waals surface area contributed by atoms with Crippen LogP contribution in [0.4, 0.5) is 4.39 Å². The molecule has 1 aromatic carbocycles. The van der Waals surface area contributed by atoms with Crippen molar-refractivity contribution in [2.45, 2.75) is 0 Å². The van der Waals surface area contributed by atoms with Gasteiger partial charge in [-0.3, -0.25) is 9.69 Å². The predicted octanol–water partition coefficient (Wildman–Crippen LogP) is 2.58. The Morgan fingerprint density at radius 3 is 2.63 bits per heavy atom. The largest absolute Gasteiger partial charge is 0.336 e. The van der Waals surface area contributed by atoms with E-state index in [4.69, 9.17) is 11.6 Å². The predicted molar refractivity (Wildman–Crippen MR) is 77.2 cm³/mol. The number of benzene rings is 1. The summed E-state index contributed by atoms with van der Waals surface area (Å²) in [7, 11) is 0. The highest BCUT2D eigenvalue weighted by atomic mass is 79.9. The van der Waals surface area contributed by atoms with E-state index in [2.05, 4.69) is 20.8 Å². The van der Waals surface area contributed by atoms with Crippen LogP contribution >= 0.6 is 27.5 Å². The van der Waals surface area contributed by atoms with Crippen molar-refractivity contribution >= 4 is 33.4 Å². The second kappa shape index (κ2) is 6.68. The van der Waals surface area contributed by atoms with Crippen LogP contribution in [-0.2, 0) is 0 Å². The minimum Gasteiger partial charge on any atom is -0.336 e. The number of carbonyl (C=O) groups excluding carboxylic acids is 1. The van der Waals surface area contributed by atoms with Gasteiger partial charge in [0.1, 0.15) is 5.82 Å². The summed E-state index contributed by atoms with van der Waals surface area (Å²) < 4.78 is 14.2. The highest BCUT2D eigenvalue weighted by Crippen LogP contribution is 2.20. The lowest BCUT2D eigenvalue weighted by atomic mass is 10.1. The van der Waals surface area contributed by atoms with Crippen LogP contribution in [0.3, 0.4) is 0 Å². The minimum atomic E-state index is -0.490. The zero-order chi connectivity index (χ0) is 13.8. The Balaban J connectivity index is 2.03. The lowest BCUT2D eigenvalue weighted by molar-refractivity contribution is 0.0639. The second-order valence-corrected chi connectivity index (χ2v) is 5.66. The van der Waals surface area contributed by atoms with E-state index in [-0.39, 0.29) is 11.5 Å². The van der Waals surface area contributed by atoms with Crippen molar-refractivity contribution in [1.29, 1.82) is 0 Å². The van der Waals surface area contributed by atoms with Crippen LogP contribution in [0.5, 0.6) is 0 Å². The van der Waals surface area contributed by atoms with Crippen LogP contribution in [0.15, 0.2) is 22.7 Å². The van der Waals surface area contributed by atoms with Gasteiger partial charge in [0.05, 0.1) is 10.0 Å². The minimum absolute atomic E-state index is 0.125. The van der Waals surface area contributed by atoms with E-state index in [1.165, 1.54) is 6.07 Å². The van der Waals surface area contributed by atoms with Gasteiger partial charge in [0.15, 0.2) is 0 Å². The first-order chi connectivity index (χ1) is 9.13. The Morgan fingerprint density at radius 1 is 1.32 bits per heavy atom. The number of alkyl halides is 1. The molecule has 19 heavy (non-hydrogen) atoms. The maximum absolute atomic E-state index is 13.9. The van der Waals surface area contributed by atoms with Crippen LogP contribution in [-0.4, -0.2) is 54.3 Å². The molecule has 0 radical (unpaired) electrons. The lowest BCUT2D eigenvalue weighted by Gasteiger charge is -2.34. The van der Waals surface area contributed by atoms with Gasteiger partial charge in [0, 0.05) is 38.6 Å². The van der Waals surface area contributed by atoms with Crippen molar-refractivity contribution in [3.63, 3.8) is 0 Å². The molecule has 6 heteroatoms. The maximum Gasteiger partial charge on any atom is 0.256 e. The van der Waals surface area contributed by atoms with Gasteiger partial charge in [0.25, 0.3) is 5.91 Å². The molecular weight excluding hydrogens is 335 g/mol. The molecule has 0 atom stereocenters. The Kier molecular flexibility index (Phi) is 5.19. The smallest absolute Gasteiger partial charge is 0.256 e. The number of halogens is 3. The van der Waals surface area contributed by atoms with Crippen molar-refractivity contribution in [3.05, 3.63) is 34.1 Å². The van der Waals surface area contributed by atoms with Crippen LogP contribution in [0.1, 0.15) is 10.4 Å². The Labute approximate surface area is 125 Å². The summed E-state index contributed by atoms with van der Waals surface area (Å²) in [4.78, 5) is 16.2. The third-order valence-electron chi connectivity index (χ3n) is 3.24. The Bertz CT molecular complexity index is 464. The molecule has 1 aliphatic heterocycles. The fraction of sp³-hybridized carbons (Fsp3) is 0.462. The SMILES string of the molecule is O=C(c1cccc(Br)c1F)N1CCN(CCCl)CC1. The fourth-order valence-electron chi connectivity index (χ4n) is 2.13. The molecule has 0 saturated carbocycles. The molecule has 1 heterocycles. The van der Waals surface area contributed by atoms with Gasteiger partial charge in [-0.25, -0.2) is 4.39 Å². The number of carbonyl (C=O) groups is 1. The van der Waals surface area contributed by atoms with Gasteiger partial charge in [-0.15, -0.1) is 11.6 Å². The van der Waals surface area contributed by atoms with Gasteiger partial charge < -0.3 is 4.90 Å². The van der Waals surface area contributed by atoms with Crippen LogP contribution in [0.25, 0.3) is 0 Å². The molecular formula is C13H15BrClFN2O. The molecule has 0 spiro atoms. The normalized spacial score (nSPS) is 16.7. The lowest BCUT2D eigenvalue weighted by Crippen LogP contribution is -2.49. The summed E-state index contributed by atoms with van der Waals surface area (Å²) in [6.45, 7) is 3.63. The third-order valence-corrected chi connectivity index (χ3v) is 4.02. The summed E-state index contributed by atoms with van der Waals surface area (Å²) >= 11 is 8.79. The molecule has 0 aliphatic carbocycles. The second-order valence-electron chi connectivity index (χ2n) is 4.42. The molecule has 0 bridgehead atoms. The van der Waals surface area contributed by atoms with E-state index in [9.17, 15) is 9.18 Å². The number of piperazine rings is 1. The first-order valence-electron chi connectivity index (χ1n) is 6.15. The van der Waals surface area contributed by atoms with Crippen LogP contribution < -0.4 is 0 Å². The molecule has 1 fully saturated rings. The summed E-state index contributed by atoms with van der Waals surface area (Å²) in [6.07, 6.45) is 0. The molecule has 1 saturated heterocycles. The number of rotatable bonds is 3. The fourth-order valence-corrected chi connectivity index (χ4v) is 2.74. The van der Waals surface area contributed by atoms with Gasteiger partial charge in [-0.2, -0.15) is 0 Å². The molecule has 104 valence electrons. The van der Waals surface area contributed by atoms with Gasteiger partial charge in [0.2, 0.25) is 0 Å². The van der Waals surface area contributed by atoms with E-state index >= 15 is 0 Å². The van der Waals surface area contributed by atoms with Gasteiger partial charge in [-0.1, -0.05) is 6.07 Å². The van der Waals surface area contributed by atoms with Crippen molar-refractivity contribution in [2.24, 2.45) is 0 Å². The van der Waals surface area contributed by atoms with E-state index in [1.54, 1.807) is 17.0 Å². The molecule has 0 aromatic heterocycles. The molecule has 1 aliphatic rings. The highest BCUT2D eigenvalue weighted by molar-refractivity contribution is 9.10. The number of nitrogens with zero attached hydrogens (tertiary/aromatic N) is 2. The average molecular weight is 350 g/mol. The van der Waals surface area contributed by atoms with E-state index < -0.39 is 5.82 Å². The molecule has 1 amide bonds. The zero-order valence-corrected chi connectivity index (χ0v) is 12.8. The molecule has 1 aromatic rings. The topological polar surface area (TPSA) is 23.6 Å². The Morgan fingerprint density at radius 2 is 2.00 bits per heavy atom. The summed E-state index contributed by atoms with van der Waals surface area (Å²) in [5, 5.41) is 0. The summed E-state index contributed by atoms with van der Waals surface area (Å²) in [5.41, 5.74) is 0.125. The van der Waals surface area contributed by atoms with Crippen LogP contribution in [0, 0.1) is 5.82 Å². The molecule has 2 rings (SSSR count).